The highest BCUT2D eigenvalue weighted by molar-refractivity contribution is 6.14. The third-order valence-corrected chi connectivity index (χ3v) is 1.78. The molecular formula is C12H16O4. The van der Waals surface area contributed by atoms with Gasteiger partial charge >= 0.3 is 11.9 Å². The molecule has 0 bridgehead atoms. The number of unbranched alkanes of at least 4 members (excludes halogenated alkanes) is 2. The van der Waals surface area contributed by atoms with Crippen molar-refractivity contribution in [2.75, 3.05) is 14.2 Å². The highest BCUT2D eigenvalue weighted by atomic mass is 16.5. The summed E-state index contributed by atoms with van der Waals surface area (Å²) in [5.74, 6) is 3.99. The minimum atomic E-state index is -0.739. The molecule has 0 heterocycles. The van der Waals surface area contributed by atoms with Gasteiger partial charge in [0.1, 0.15) is 0 Å². The predicted octanol–water partition coefficient (Wildman–Crippen LogP) is 1.45. The lowest BCUT2D eigenvalue weighted by molar-refractivity contribution is -0.144. The second-order valence-corrected chi connectivity index (χ2v) is 2.97. The number of hydrogen-bond acceptors (Lipinski definition) is 4. The van der Waals surface area contributed by atoms with Crippen LogP contribution < -0.4 is 0 Å². The summed E-state index contributed by atoms with van der Waals surface area (Å²) in [5, 5.41) is 0. The standard InChI is InChI=1S/C12H16O4/c1-4-5-6-7-8-9-10(11(13)15-2)12(14)16-3/h9H,4-6H2,1-3H3. The summed E-state index contributed by atoms with van der Waals surface area (Å²) in [4.78, 5) is 22.3. The van der Waals surface area contributed by atoms with Crippen LogP contribution in [0.15, 0.2) is 11.6 Å². The second kappa shape index (κ2) is 8.54. The number of carbonyl (C=O) groups excluding carboxylic acids is 2. The summed E-state index contributed by atoms with van der Waals surface area (Å²) in [5.41, 5.74) is -0.186. The molecule has 0 aliphatic carbocycles. The topological polar surface area (TPSA) is 52.6 Å². The largest absolute Gasteiger partial charge is 0.465 e. The molecule has 0 spiro atoms. The van der Waals surface area contributed by atoms with E-state index >= 15 is 0 Å². The Kier molecular flexibility index (Phi) is 7.60. The summed E-state index contributed by atoms with van der Waals surface area (Å²) in [6.45, 7) is 2.06. The Balaban J connectivity index is 4.61. The Bertz CT molecular complexity index is 313. The third-order valence-electron chi connectivity index (χ3n) is 1.78. The molecule has 0 N–H and O–H groups in total. The minimum absolute atomic E-state index is 0.186. The zero-order valence-corrected chi connectivity index (χ0v) is 9.83. The van der Waals surface area contributed by atoms with Gasteiger partial charge in [0.2, 0.25) is 0 Å². The predicted molar refractivity (Wildman–Crippen MR) is 59.4 cm³/mol. The van der Waals surface area contributed by atoms with Crippen molar-refractivity contribution in [2.24, 2.45) is 0 Å². The molecule has 0 saturated heterocycles. The van der Waals surface area contributed by atoms with Crippen molar-refractivity contribution < 1.29 is 19.1 Å². The fraction of sp³-hybridized carbons (Fsp3) is 0.500. The molecule has 0 aromatic heterocycles. The first kappa shape index (κ1) is 14.2. The molecule has 4 nitrogen and oxygen atoms in total. The maximum Gasteiger partial charge on any atom is 0.345 e. The van der Waals surface area contributed by atoms with E-state index in [4.69, 9.17) is 0 Å². The van der Waals surface area contributed by atoms with E-state index in [1.54, 1.807) is 0 Å². The first-order valence-electron chi connectivity index (χ1n) is 5.02. The second-order valence-electron chi connectivity index (χ2n) is 2.97. The van der Waals surface area contributed by atoms with Crippen LogP contribution in [0.1, 0.15) is 26.2 Å². The molecule has 0 saturated carbocycles. The van der Waals surface area contributed by atoms with Gasteiger partial charge in [0.05, 0.1) is 14.2 Å². The molecule has 0 aliphatic rings. The van der Waals surface area contributed by atoms with Crippen LogP contribution in [0.4, 0.5) is 0 Å². The molecular weight excluding hydrogens is 208 g/mol. The molecule has 4 heteroatoms. The van der Waals surface area contributed by atoms with Crippen molar-refractivity contribution in [1.29, 1.82) is 0 Å². The smallest absolute Gasteiger partial charge is 0.345 e. The third kappa shape index (κ3) is 5.20. The molecule has 0 atom stereocenters. The van der Waals surface area contributed by atoms with Gasteiger partial charge in [-0.2, -0.15) is 0 Å². The number of ether oxygens (including phenoxy) is 2. The van der Waals surface area contributed by atoms with Gasteiger partial charge in [0.25, 0.3) is 0 Å². The number of carbonyl (C=O) groups is 2. The molecule has 0 rings (SSSR count). The number of hydrogen-bond donors (Lipinski definition) is 0. The molecule has 0 radical (unpaired) electrons. The fourth-order valence-electron chi connectivity index (χ4n) is 0.882. The van der Waals surface area contributed by atoms with Crippen LogP contribution in [-0.2, 0) is 19.1 Å². The zero-order valence-electron chi connectivity index (χ0n) is 9.83. The first-order valence-corrected chi connectivity index (χ1v) is 5.02. The lowest BCUT2D eigenvalue weighted by atomic mass is 10.2. The van der Waals surface area contributed by atoms with Gasteiger partial charge in [-0.3, -0.25) is 0 Å². The summed E-state index contributed by atoms with van der Waals surface area (Å²) < 4.78 is 8.88. The molecule has 0 aliphatic heterocycles. The Morgan fingerprint density at radius 1 is 1.19 bits per heavy atom. The van der Waals surface area contributed by atoms with Gasteiger partial charge in [0, 0.05) is 12.5 Å². The van der Waals surface area contributed by atoms with E-state index in [9.17, 15) is 9.59 Å². The molecule has 0 aromatic carbocycles. The average Bonchev–Trinajstić information content (AvgIpc) is 2.32. The summed E-state index contributed by atoms with van der Waals surface area (Å²) in [6.07, 6.45) is 4.02. The summed E-state index contributed by atoms with van der Waals surface area (Å²) >= 11 is 0. The molecule has 88 valence electrons. The first-order chi connectivity index (χ1) is 7.67. The van der Waals surface area contributed by atoms with Crippen LogP contribution in [0, 0.1) is 11.8 Å². The Morgan fingerprint density at radius 2 is 1.75 bits per heavy atom. The van der Waals surface area contributed by atoms with Crippen molar-refractivity contribution in [3.05, 3.63) is 11.6 Å². The quantitative estimate of drug-likeness (QED) is 0.181. The van der Waals surface area contributed by atoms with E-state index in [1.165, 1.54) is 20.3 Å². The van der Waals surface area contributed by atoms with Crippen LogP contribution in [-0.4, -0.2) is 26.2 Å². The highest BCUT2D eigenvalue weighted by Gasteiger charge is 2.18. The summed E-state index contributed by atoms with van der Waals surface area (Å²) in [7, 11) is 2.40. The monoisotopic (exact) mass is 224 g/mol. The minimum Gasteiger partial charge on any atom is -0.465 e. The van der Waals surface area contributed by atoms with E-state index < -0.39 is 11.9 Å². The van der Waals surface area contributed by atoms with Gasteiger partial charge < -0.3 is 9.47 Å². The maximum atomic E-state index is 11.2. The van der Waals surface area contributed by atoms with Crippen molar-refractivity contribution in [1.82, 2.24) is 0 Å². The van der Waals surface area contributed by atoms with Gasteiger partial charge in [0.15, 0.2) is 5.57 Å². The van der Waals surface area contributed by atoms with Crippen LogP contribution >= 0.6 is 0 Å². The van der Waals surface area contributed by atoms with E-state index in [-0.39, 0.29) is 5.57 Å². The van der Waals surface area contributed by atoms with Crippen LogP contribution in [0.2, 0.25) is 0 Å². The summed E-state index contributed by atoms with van der Waals surface area (Å²) in [6, 6.07) is 0. The Labute approximate surface area is 95.6 Å². The average molecular weight is 224 g/mol. The maximum absolute atomic E-state index is 11.2. The van der Waals surface area contributed by atoms with E-state index in [2.05, 4.69) is 28.2 Å². The van der Waals surface area contributed by atoms with E-state index in [0.29, 0.717) is 0 Å². The van der Waals surface area contributed by atoms with Crippen molar-refractivity contribution in [3.8, 4) is 11.8 Å². The van der Waals surface area contributed by atoms with Gasteiger partial charge in [-0.1, -0.05) is 25.2 Å². The molecule has 0 unspecified atom stereocenters. The number of methoxy groups -OCH3 is 2. The van der Waals surface area contributed by atoms with Crippen LogP contribution in [0.5, 0.6) is 0 Å². The highest BCUT2D eigenvalue weighted by Crippen LogP contribution is 2.00. The van der Waals surface area contributed by atoms with Gasteiger partial charge in [-0.15, -0.1) is 0 Å². The number of allylic oxidation sites excluding steroid dienone is 1. The van der Waals surface area contributed by atoms with Crippen molar-refractivity contribution >= 4 is 11.9 Å². The lowest BCUT2D eigenvalue weighted by Gasteiger charge is -2.00. The zero-order chi connectivity index (χ0) is 12.4. The SMILES string of the molecule is CCCCC#CC=C(C(=O)OC)C(=O)OC. The fourth-order valence-corrected chi connectivity index (χ4v) is 0.882. The normalized spacial score (nSPS) is 8.44. The van der Waals surface area contributed by atoms with Crippen LogP contribution in [0.3, 0.4) is 0 Å². The van der Waals surface area contributed by atoms with Crippen molar-refractivity contribution in [2.45, 2.75) is 26.2 Å². The Hall–Kier alpha value is -1.76. The number of esters is 2. The van der Waals surface area contributed by atoms with E-state index in [0.717, 1.165) is 19.3 Å². The Morgan fingerprint density at radius 3 is 2.19 bits per heavy atom. The van der Waals surface area contributed by atoms with Gasteiger partial charge in [-0.05, 0) is 6.42 Å². The van der Waals surface area contributed by atoms with Crippen molar-refractivity contribution in [3.63, 3.8) is 0 Å². The molecule has 0 aromatic rings. The van der Waals surface area contributed by atoms with E-state index in [1.807, 2.05) is 0 Å². The van der Waals surface area contributed by atoms with Crippen LogP contribution in [0.25, 0.3) is 0 Å². The molecule has 0 fully saturated rings. The lowest BCUT2D eigenvalue weighted by Crippen LogP contribution is -2.15. The molecule has 0 amide bonds. The number of rotatable bonds is 4. The molecule has 16 heavy (non-hydrogen) atoms. The van der Waals surface area contributed by atoms with Gasteiger partial charge in [-0.25, -0.2) is 9.59 Å².